The number of nitrogens with one attached hydrogen (secondary N) is 2. The van der Waals surface area contributed by atoms with Gasteiger partial charge in [0.25, 0.3) is 11.8 Å². The second-order valence-electron chi connectivity index (χ2n) is 7.01. The molecule has 0 spiro atoms. The summed E-state index contributed by atoms with van der Waals surface area (Å²) in [7, 11) is 1.49. The first-order valence-electron chi connectivity index (χ1n) is 10.2. The van der Waals surface area contributed by atoms with Gasteiger partial charge in [-0.05, 0) is 54.6 Å². The number of benzene rings is 3. The van der Waals surface area contributed by atoms with Crippen molar-refractivity contribution in [3.8, 4) is 17.2 Å². The fourth-order valence-corrected chi connectivity index (χ4v) is 3.09. The van der Waals surface area contributed by atoms with Crippen LogP contribution in [0.3, 0.4) is 0 Å². The Morgan fingerprint density at radius 1 is 0.758 bits per heavy atom. The van der Waals surface area contributed by atoms with Crippen LogP contribution in [-0.2, 0) is 0 Å². The predicted octanol–water partition coefficient (Wildman–Crippen LogP) is 5.39. The zero-order chi connectivity index (χ0) is 23.0. The zero-order valence-electron chi connectivity index (χ0n) is 17.8. The molecule has 1 aromatic heterocycles. The number of ether oxygens (including phenoxy) is 2. The largest absolute Gasteiger partial charge is 0.494 e. The van der Waals surface area contributed by atoms with E-state index in [1.165, 1.54) is 13.3 Å². The van der Waals surface area contributed by atoms with Crippen molar-refractivity contribution in [3.05, 3.63) is 108 Å². The van der Waals surface area contributed by atoms with Gasteiger partial charge >= 0.3 is 0 Å². The van der Waals surface area contributed by atoms with Crippen LogP contribution in [0.2, 0.25) is 0 Å². The summed E-state index contributed by atoms with van der Waals surface area (Å²) in [4.78, 5) is 29.1. The standard InChI is InChI=1S/C26H21N3O4/c1-32-24-16-20(12-13-23(24)29-26(31)19-8-6-14-27-17-19)28-25(30)18-7-5-11-22(15-18)33-21-9-3-2-4-10-21/h2-17H,1H3,(H,28,30)(H,29,31). The molecule has 0 radical (unpaired) electrons. The normalized spacial score (nSPS) is 10.2. The molecular formula is C26H21N3O4. The fourth-order valence-electron chi connectivity index (χ4n) is 3.09. The highest BCUT2D eigenvalue weighted by Crippen LogP contribution is 2.29. The summed E-state index contributed by atoms with van der Waals surface area (Å²) in [6.07, 6.45) is 3.07. The molecule has 0 unspecified atom stereocenters. The van der Waals surface area contributed by atoms with Crippen LogP contribution in [-0.4, -0.2) is 23.9 Å². The van der Waals surface area contributed by atoms with E-state index < -0.39 is 0 Å². The Morgan fingerprint density at radius 2 is 1.52 bits per heavy atom. The summed E-state index contributed by atoms with van der Waals surface area (Å²) in [5.41, 5.74) is 1.86. The van der Waals surface area contributed by atoms with E-state index in [0.717, 1.165) is 0 Å². The minimum Gasteiger partial charge on any atom is -0.494 e. The van der Waals surface area contributed by atoms with Gasteiger partial charge in [-0.25, -0.2) is 0 Å². The third-order valence-electron chi connectivity index (χ3n) is 4.71. The van der Waals surface area contributed by atoms with Gasteiger partial charge in [0.2, 0.25) is 0 Å². The molecule has 0 aliphatic heterocycles. The van der Waals surface area contributed by atoms with Gasteiger partial charge in [0.05, 0.1) is 18.4 Å². The molecule has 0 atom stereocenters. The highest BCUT2D eigenvalue weighted by atomic mass is 16.5. The van der Waals surface area contributed by atoms with Crippen LogP contribution in [0.5, 0.6) is 17.2 Å². The quantitative estimate of drug-likeness (QED) is 0.403. The van der Waals surface area contributed by atoms with E-state index in [2.05, 4.69) is 15.6 Å². The van der Waals surface area contributed by atoms with Gasteiger partial charge in [0, 0.05) is 29.7 Å². The molecule has 2 N–H and O–H groups in total. The SMILES string of the molecule is COc1cc(NC(=O)c2cccc(Oc3ccccc3)c2)ccc1NC(=O)c1cccnc1. The molecule has 0 saturated carbocycles. The van der Waals surface area contributed by atoms with Crippen molar-refractivity contribution in [3.63, 3.8) is 0 Å². The van der Waals surface area contributed by atoms with Crippen LogP contribution in [0, 0.1) is 0 Å². The molecule has 33 heavy (non-hydrogen) atoms. The molecule has 0 aliphatic carbocycles. The van der Waals surface area contributed by atoms with E-state index in [-0.39, 0.29) is 11.8 Å². The van der Waals surface area contributed by atoms with Gasteiger partial charge < -0.3 is 20.1 Å². The average molecular weight is 439 g/mol. The van der Waals surface area contributed by atoms with Gasteiger partial charge in [-0.2, -0.15) is 0 Å². The summed E-state index contributed by atoms with van der Waals surface area (Å²) >= 11 is 0. The molecule has 4 aromatic rings. The van der Waals surface area contributed by atoms with Crippen molar-refractivity contribution in [1.82, 2.24) is 4.98 Å². The van der Waals surface area contributed by atoms with E-state index in [1.54, 1.807) is 60.8 Å². The van der Waals surface area contributed by atoms with Crippen molar-refractivity contribution in [2.45, 2.75) is 0 Å². The van der Waals surface area contributed by atoms with E-state index in [4.69, 9.17) is 9.47 Å². The Hall–Kier alpha value is -4.65. The third kappa shape index (κ3) is 5.54. The Labute approximate surface area is 191 Å². The number of carbonyl (C=O) groups excluding carboxylic acids is 2. The molecule has 7 heteroatoms. The Bertz CT molecular complexity index is 1260. The summed E-state index contributed by atoms with van der Waals surface area (Å²) in [5, 5.41) is 5.63. The number of pyridine rings is 1. The van der Waals surface area contributed by atoms with E-state index in [1.807, 2.05) is 30.3 Å². The molecule has 4 rings (SSSR count). The maximum absolute atomic E-state index is 12.8. The molecule has 0 fully saturated rings. The number of methoxy groups -OCH3 is 1. The number of hydrogen-bond acceptors (Lipinski definition) is 5. The van der Waals surface area contributed by atoms with Crippen molar-refractivity contribution in [2.75, 3.05) is 17.7 Å². The zero-order valence-corrected chi connectivity index (χ0v) is 17.8. The van der Waals surface area contributed by atoms with Gasteiger partial charge in [0.1, 0.15) is 17.2 Å². The molecule has 0 bridgehead atoms. The average Bonchev–Trinajstić information content (AvgIpc) is 2.86. The van der Waals surface area contributed by atoms with Crippen molar-refractivity contribution < 1.29 is 19.1 Å². The summed E-state index contributed by atoms with van der Waals surface area (Å²) in [6, 6.07) is 24.6. The molecule has 7 nitrogen and oxygen atoms in total. The lowest BCUT2D eigenvalue weighted by Crippen LogP contribution is -2.14. The topological polar surface area (TPSA) is 89.5 Å². The number of aromatic nitrogens is 1. The van der Waals surface area contributed by atoms with Crippen LogP contribution < -0.4 is 20.1 Å². The van der Waals surface area contributed by atoms with E-state index in [9.17, 15) is 9.59 Å². The number of anilines is 2. The number of amides is 2. The highest BCUT2D eigenvalue weighted by molar-refractivity contribution is 6.06. The number of hydrogen-bond donors (Lipinski definition) is 2. The molecule has 0 aliphatic rings. The molecule has 164 valence electrons. The van der Waals surface area contributed by atoms with Crippen LogP contribution in [0.25, 0.3) is 0 Å². The van der Waals surface area contributed by atoms with Crippen LogP contribution in [0.15, 0.2) is 97.3 Å². The minimum atomic E-state index is -0.312. The Balaban J connectivity index is 1.46. The molecule has 2 amide bonds. The first-order chi connectivity index (χ1) is 16.1. The van der Waals surface area contributed by atoms with Crippen molar-refractivity contribution in [1.29, 1.82) is 0 Å². The predicted molar refractivity (Wildman–Crippen MR) is 126 cm³/mol. The second-order valence-corrected chi connectivity index (χ2v) is 7.01. The van der Waals surface area contributed by atoms with E-state index in [0.29, 0.717) is 39.8 Å². The second kappa shape index (κ2) is 10.1. The summed E-state index contributed by atoms with van der Waals surface area (Å²) in [6.45, 7) is 0. The lowest BCUT2D eigenvalue weighted by Gasteiger charge is -2.13. The summed E-state index contributed by atoms with van der Waals surface area (Å²) in [5.74, 6) is 1.03. The van der Waals surface area contributed by atoms with Crippen molar-refractivity contribution in [2.24, 2.45) is 0 Å². The maximum Gasteiger partial charge on any atom is 0.257 e. The highest BCUT2D eigenvalue weighted by Gasteiger charge is 2.13. The number of rotatable bonds is 7. The van der Waals surface area contributed by atoms with Gasteiger partial charge in [-0.3, -0.25) is 14.6 Å². The maximum atomic E-state index is 12.8. The number of carbonyl (C=O) groups is 2. The number of nitrogens with zero attached hydrogens (tertiary/aromatic N) is 1. The van der Waals surface area contributed by atoms with Gasteiger partial charge in [-0.1, -0.05) is 24.3 Å². The molecular weight excluding hydrogens is 418 g/mol. The smallest absolute Gasteiger partial charge is 0.257 e. The van der Waals surface area contributed by atoms with Gasteiger partial charge in [-0.15, -0.1) is 0 Å². The molecule has 0 saturated heterocycles. The first kappa shape index (κ1) is 21.6. The molecule has 1 heterocycles. The van der Waals surface area contributed by atoms with Crippen molar-refractivity contribution >= 4 is 23.2 Å². The lowest BCUT2D eigenvalue weighted by molar-refractivity contribution is 0.101. The molecule has 3 aromatic carbocycles. The van der Waals surface area contributed by atoms with Crippen LogP contribution in [0.1, 0.15) is 20.7 Å². The fraction of sp³-hybridized carbons (Fsp3) is 0.0385. The number of para-hydroxylation sites is 1. The first-order valence-corrected chi connectivity index (χ1v) is 10.2. The van der Waals surface area contributed by atoms with E-state index >= 15 is 0 Å². The monoisotopic (exact) mass is 439 g/mol. The summed E-state index contributed by atoms with van der Waals surface area (Å²) < 4.78 is 11.2. The van der Waals surface area contributed by atoms with Gasteiger partial charge in [0.15, 0.2) is 0 Å². The Morgan fingerprint density at radius 3 is 2.27 bits per heavy atom. The van der Waals surface area contributed by atoms with Crippen LogP contribution in [0.4, 0.5) is 11.4 Å². The lowest BCUT2D eigenvalue weighted by atomic mass is 10.2. The third-order valence-corrected chi connectivity index (χ3v) is 4.71. The minimum absolute atomic E-state index is 0.303. The van der Waals surface area contributed by atoms with Crippen LogP contribution >= 0.6 is 0 Å². The Kier molecular flexibility index (Phi) is 6.61.